The molecular weight excluding hydrogens is 385 g/mol. The van der Waals surface area contributed by atoms with E-state index in [9.17, 15) is 19.3 Å². The Bertz CT molecular complexity index is 1050. The molecule has 0 saturated heterocycles. The highest BCUT2D eigenvalue weighted by molar-refractivity contribution is 7.99. The average molecular weight is 401 g/mol. The zero-order chi connectivity index (χ0) is 20.3. The molecule has 0 saturated carbocycles. The van der Waals surface area contributed by atoms with Crippen molar-refractivity contribution in [2.24, 2.45) is 7.05 Å². The predicted octanol–water partition coefficient (Wildman–Crippen LogP) is 3.57. The van der Waals surface area contributed by atoms with Crippen LogP contribution in [0.15, 0.2) is 47.6 Å². The van der Waals surface area contributed by atoms with E-state index in [1.807, 2.05) is 0 Å². The fourth-order valence-corrected chi connectivity index (χ4v) is 3.22. The van der Waals surface area contributed by atoms with Crippen molar-refractivity contribution in [1.82, 2.24) is 14.8 Å². The van der Waals surface area contributed by atoms with Gasteiger partial charge in [0.25, 0.3) is 5.69 Å². The van der Waals surface area contributed by atoms with Gasteiger partial charge in [0.15, 0.2) is 11.0 Å². The molecule has 0 aliphatic carbocycles. The number of benzene rings is 2. The molecule has 144 valence electrons. The summed E-state index contributed by atoms with van der Waals surface area (Å²) in [7, 11) is 1.71. The lowest BCUT2D eigenvalue weighted by molar-refractivity contribution is -0.384. The Morgan fingerprint density at radius 1 is 1.29 bits per heavy atom. The van der Waals surface area contributed by atoms with Crippen molar-refractivity contribution in [3.8, 4) is 11.4 Å². The molecule has 0 bridgehead atoms. The summed E-state index contributed by atoms with van der Waals surface area (Å²) in [4.78, 5) is 22.6. The zero-order valence-electron chi connectivity index (χ0n) is 15.0. The lowest BCUT2D eigenvalue weighted by Gasteiger charge is -2.08. The Morgan fingerprint density at radius 2 is 2.04 bits per heavy atom. The van der Waals surface area contributed by atoms with E-state index in [0.29, 0.717) is 27.8 Å². The molecule has 0 aliphatic rings. The van der Waals surface area contributed by atoms with Crippen molar-refractivity contribution < 1.29 is 14.1 Å². The molecule has 1 amide bonds. The maximum absolute atomic E-state index is 13.6. The average Bonchev–Trinajstić information content (AvgIpc) is 3.04. The molecule has 8 nitrogen and oxygen atoms in total. The van der Waals surface area contributed by atoms with Crippen LogP contribution in [-0.4, -0.2) is 31.3 Å². The molecule has 0 unspecified atom stereocenters. The fourth-order valence-electron chi connectivity index (χ4n) is 2.51. The zero-order valence-corrected chi connectivity index (χ0v) is 15.9. The summed E-state index contributed by atoms with van der Waals surface area (Å²) in [5, 5.41) is 22.2. The third-order valence-electron chi connectivity index (χ3n) is 4.02. The van der Waals surface area contributed by atoms with E-state index in [1.165, 1.54) is 24.3 Å². The number of halogens is 1. The van der Waals surface area contributed by atoms with Crippen LogP contribution in [0.5, 0.6) is 0 Å². The lowest BCUT2D eigenvalue weighted by atomic mass is 10.2. The summed E-state index contributed by atoms with van der Waals surface area (Å²) < 4.78 is 15.2. The summed E-state index contributed by atoms with van der Waals surface area (Å²) >= 11 is 1.16. The number of nitro benzene ring substituents is 1. The number of hydrogen-bond donors (Lipinski definition) is 1. The highest BCUT2D eigenvalue weighted by Gasteiger charge is 2.16. The molecule has 1 N–H and O–H groups in total. The highest BCUT2D eigenvalue weighted by Crippen LogP contribution is 2.25. The van der Waals surface area contributed by atoms with Gasteiger partial charge in [0.2, 0.25) is 5.91 Å². The van der Waals surface area contributed by atoms with Crippen LogP contribution in [-0.2, 0) is 11.8 Å². The molecule has 1 heterocycles. The fraction of sp³-hybridized carbons (Fsp3) is 0.167. The highest BCUT2D eigenvalue weighted by atomic mass is 32.2. The van der Waals surface area contributed by atoms with Crippen molar-refractivity contribution in [1.29, 1.82) is 0 Å². The van der Waals surface area contributed by atoms with E-state index >= 15 is 0 Å². The number of amides is 1. The number of aromatic nitrogens is 3. The topological polar surface area (TPSA) is 103 Å². The van der Waals surface area contributed by atoms with Gasteiger partial charge in [0.1, 0.15) is 5.82 Å². The first-order valence-corrected chi connectivity index (χ1v) is 9.17. The lowest BCUT2D eigenvalue weighted by Crippen LogP contribution is -2.15. The summed E-state index contributed by atoms with van der Waals surface area (Å²) in [6, 6.07) is 10.6. The van der Waals surface area contributed by atoms with Gasteiger partial charge in [-0.15, -0.1) is 10.2 Å². The third-order valence-corrected chi connectivity index (χ3v) is 5.04. The summed E-state index contributed by atoms with van der Waals surface area (Å²) in [6.07, 6.45) is 0. The Labute approximate surface area is 163 Å². The molecular formula is C18H16FN5O3S. The monoisotopic (exact) mass is 401 g/mol. The van der Waals surface area contributed by atoms with Crippen LogP contribution < -0.4 is 5.32 Å². The van der Waals surface area contributed by atoms with Crippen molar-refractivity contribution >= 4 is 29.0 Å². The molecule has 0 aliphatic heterocycles. The van der Waals surface area contributed by atoms with E-state index in [0.717, 1.165) is 11.8 Å². The molecule has 28 heavy (non-hydrogen) atoms. The number of hydrogen-bond acceptors (Lipinski definition) is 6. The van der Waals surface area contributed by atoms with Crippen molar-refractivity contribution in [3.05, 3.63) is 64.0 Å². The van der Waals surface area contributed by atoms with Gasteiger partial charge in [-0.3, -0.25) is 14.9 Å². The third kappa shape index (κ3) is 4.17. The Balaban J connectivity index is 1.69. The van der Waals surface area contributed by atoms with Gasteiger partial charge in [0.05, 0.1) is 10.7 Å². The summed E-state index contributed by atoms with van der Waals surface area (Å²) in [5.41, 5.74) is 1.30. The standard InChI is InChI=1S/C18H16FN5O3S/c1-11-14(19)7-4-8-15(11)20-16(25)10-28-18-22-21-17(23(18)2)12-5-3-6-13(9-12)24(26)27/h3-9H,10H2,1-2H3,(H,20,25). The number of carbonyl (C=O) groups excluding carboxylic acids is 1. The number of nitro groups is 1. The second-order valence-electron chi connectivity index (χ2n) is 5.92. The number of carbonyl (C=O) groups is 1. The molecule has 0 radical (unpaired) electrons. The van der Waals surface area contributed by atoms with Crippen LogP contribution in [0.4, 0.5) is 15.8 Å². The molecule has 0 spiro atoms. The van der Waals surface area contributed by atoms with E-state index in [2.05, 4.69) is 15.5 Å². The van der Waals surface area contributed by atoms with Crippen LogP contribution in [0.25, 0.3) is 11.4 Å². The van der Waals surface area contributed by atoms with Crippen molar-refractivity contribution in [3.63, 3.8) is 0 Å². The van der Waals surface area contributed by atoms with Crippen LogP contribution in [0.1, 0.15) is 5.56 Å². The molecule has 2 aromatic carbocycles. The molecule has 10 heteroatoms. The van der Waals surface area contributed by atoms with Gasteiger partial charge in [-0.25, -0.2) is 4.39 Å². The first-order chi connectivity index (χ1) is 13.4. The molecule has 0 fully saturated rings. The number of anilines is 1. The second kappa shape index (κ2) is 8.17. The summed E-state index contributed by atoms with van der Waals surface area (Å²) in [5.74, 6) is -0.192. The first kappa shape index (κ1) is 19.5. The van der Waals surface area contributed by atoms with Gasteiger partial charge < -0.3 is 9.88 Å². The van der Waals surface area contributed by atoms with E-state index in [-0.39, 0.29) is 23.2 Å². The molecule has 0 atom stereocenters. The normalized spacial score (nSPS) is 10.7. The molecule has 3 aromatic rings. The predicted molar refractivity (Wildman–Crippen MR) is 104 cm³/mol. The van der Waals surface area contributed by atoms with Crippen LogP contribution in [0.3, 0.4) is 0 Å². The van der Waals surface area contributed by atoms with Gasteiger partial charge in [-0.05, 0) is 19.1 Å². The molecule has 3 rings (SSSR count). The number of rotatable bonds is 6. The number of nitrogens with one attached hydrogen (secondary N) is 1. The van der Waals surface area contributed by atoms with Crippen molar-refractivity contribution in [2.75, 3.05) is 11.1 Å². The Morgan fingerprint density at radius 3 is 2.79 bits per heavy atom. The number of thioether (sulfide) groups is 1. The smallest absolute Gasteiger partial charge is 0.270 e. The quantitative estimate of drug-likeness (QED) is 0.385. The van der Waals surface area contributed by atoms with Crippen LogP contribution in [0.2, 0.25) is 0 Å². The van der Waals surface area contributed by atoms with Crippen molar-refractivity contribution in [2.45, 2.75) is 12.1 Å². The second-order valence-corrected chi connectivity index (χ2v) is 6.86. The minimum Gasteiger partial charge on any atom is -0.325 e. The SMILES string of the molecule is Cc1c(F)cccc1NC(=O)CSc1nnc(-c2cccc([N+](=O)[O-])c2)n1C. The van der Waals surface area contributed by atoms with Gasteiger partial charge in [-0.1, -0.05) is 30.0 Å². The van der Waals surface area contributed by atoms with E-state index < -0.39 is 4.92 Å². The largest absolute Gasteiger partial charge is 0.325 e. The Kier molecular flexibility index (Phi) is 5.69. The maximum atomic E-state index is 13.6. The number of nitrogens with zero attached hydrogens (tertiary/aromatic N) is 4. The minimum atomic E-state index is -0.478. The maximum Gasteiger partial charge on any atom is 0.270 e. The van der Waals surface area contributed by atoms with Gasteiger partial charge >= 0.3 is 0 Å². The Hall–Kier alpha value is -3.27. The molecule has 1 aromatic heterocycles. The van der Waals surface area contributed by atoms with Gasteiger partial charge in [-0.2, -0.15) is 0 Å². The first-order valence-electron chi connectivity index (χ1n) is 8.19. The number of non-ortho nitro benzene ring substituents is 1. The van der Waals surface area contributed by atoms with Crippen LogP contribution >= 0.6 is 11.8 Å². The van der Waals surface area contributed by atoms with E-state index in [1.54, 1.807) is 36.7 Å². The summed E-state index contributed by atoms with van der Waals surface area (Å²) in [6.45, 7) is 1.59. The van der Waals surface area contributed by atoms with Gasteiger partial charge in [0, 0.05) is 36.0 Å². The minimum absolute atomic E-state index is 0.0421. The van der Waals surface area contributed by atoms with E-state index in [4.69, 9.17) is 0 Å². The van der Waals surface area contributed by atoms with Crippen LogP contribution in [0, 0.1) is 22.9 Å².